The molecule has 0 bridgehead atoms. The molecule has 122 valence electrons. The largest absolute Gasteiger partial charge is 0.348 e. The van der Waals surface area contributed by atoms with Crippen molar-refractivity contribution in [1.82, 2.24) is 9.88 Å². The minimum atomic E-state index is -0.0813. The van der Waals surface area contributed by atoms with E-state index in [1.165, 1.54) is 0 Å². The number of aromatic nitrogens is 1. The van der Waals surface area contributed by atoms with Crippen LogP contribution in [-0.4, -0.2) is 16.3 Å². The first-order chi connectivity index (χ1) is 11.6. The van der Waals surface area contributed by atoms with Crippen LogP contribution in [0, 0.1) is 0 Å². The number of fused-ring (bicyclic) bond motifs is 1. The van der Waals surface area contributed by atoms with Gasteiger partial charge in [0.2, 0.25) is 5.91 Å². The Labute approximate surface area is 141 Å². The second-order valence-electron chi connectivity index (χ2n) is 5.94. The fraction of sp³-hybridized carbons (Fsp3) is 0.200. The van der Waals surface area contributed by atoms with E-state index in [-0.39, 0.29) is 24.3 Å². The third-order valence-corrected chi connectivity index (χ3v) is 4.16. The smallest absolute Gasteiger partial charge is 0.240 e. The molecule has 0 spiro atoms. The van der Waals surface area contributed by atoms with E-state index in [4.69, 9.17) is 0 Å². The number of carbonyl (C=O) groups is 2. The number of nitrogens with zero attached hydrogens (tertiary/aromatic N) is 1. The molecule has 1 atom stereocenters. The summed E-state index contributed by atoms with van der Waals surface area (Å²) in [6, 6.07) is 17.4. The molecular weight excluding hydrogens is 300 g/mol. The van der Waals surface area contributed by atoms with Gasteiger partial charge in [0.25, 0.3) is 0 Å². The lowest BCUT2D eigenvalue weighted by Gasteiger charge is -2.15. The molecule has 3 aromatic rings. The normalized spacial score (nSPS) is 12.1. The van der Waals surface area contributed by atoms with Crippen molar-refractivity contribution in [2.24, 2.45) is 0 Å². The fourth-order valence-electron chi connectivity index (χ4n) is 2.93. The van der Waals surface area contributed by atoms with E-state index >= 15 is 0 Å². The van der Waals surface area contributed by atoms with Crippen molar-refractivity contribution in [3.63, 3.8) is 0 Å². The maximum absolute atomic E-state index is 12.4. The standard InChI is InChI=1S/C20H20N2O2/c1-14(16-8-4-3-5-9-16)21-20(24)13-22-12-18(15(2)23)17-10-6-7-11-19(17)22/h3-12,14H,13H2,1-2H3,(H,21,24)/t14-/m1/s1. The Balaban J connectivity index is 1.80. The van der Waals surface area contributed by atoms with Crippen LogP contribution >= 0.6 is 0 Å². The number of amides is 1. The molecule has 24 heavy (non-hydrogen) atoms. The molecule has 0 unspecified atom stereocenters. The Morgan fingerprint density at radius 3 is 2.42 bits per heavy atom. The van der Waals surface area contributed by atoms with Crippen LogP contribution in [0.1, 0.15) is 35.8 Å². The number of hydrogen-bond donors (Lipinski definition) is 1. The highest BCUT2D eigenvalue weighted by Crippen LogP contribution is 2.22. The predicted octanol–water partition coefficient (Wildman–Crippen LogP) is 3.72. The molecule has 4 nitrogen and oxygen atoms in total. The van der Waals surface area contributed by atoms with Crippen molar-refractivity contribution in [2.45, 2.75) is 26.4 Å². The van der Waals surface area contributed by atoms with E-state index in [9.17, 15) is 9.59 Å². The molecule has 2 aromatic carbocycles. The molecule has 1 N–H and O–H groups in total. The molecular formula is C20H20N2O2. The molecule has 1 amide bonds. The van der Waals surface area contributed by atoms with Gasteiger partial charge in [-0.25, -0.2) is 0 Å². The summed E-state index contributed by atoms with van der Waals surface area (Å²) in [6.45, 7) is 3.69. The maximum atomic E-state index is 12.4. The molecule has 0 radical (unpaired) electrons. The molecule has 1 aromatic heterocycles. The summed E-state index contributed by atoms with van der Waals surface area (Å²) in [6.07, 6.45) is 1.76. The molecule has 0 saturated heterocycles. The van der Waals surface area contributed by atoms with Crippen molar-refractivity contribution >= 4 is 22.6 Å². The second-order valence-corrected chi connectivity index (χ2v) is 5.94. The number of hydrogen-bond acceptors (Lipinski definition) is 2. The van der Waals surface area contributed by atoms with Crippen LogP contribution < -0.4 is 5.32 Å². The van der Waals surface area contributed by atoms with Crippen LogP contribution in [0.25, 0.3) is 10.9 Å². The van der Waals surface area contributed by atoms with E-state index < -0.39 is 0 Å². The minimum absolute atomic E-state index is 0.00279. The molecule has 0 aliphatic carbocycles. The van der Waals surface area contributed by atoms with Crippen molar-refractivity contribution in [2.75, 3.05) is 0 Å². The van der Waals surface area contributed by atoms with Gasteiger partial charge in [-0.1, -0.05) is 48.5 Å². The number of para-hydroxylation sites is 1. The summed E-state index contributed by atoms with van der Waals surface area (Å²) in [4.78, 5) is 24.2. The quantitative estimate of drug-likeness (QED) is 0.728. The number of nitrogens with one attached hydrogen (secondary N) is 1. The Bertz CT molecular complexity index is 881. The first kappa shape index (κ1) is 16.0. The zero-order valence-corrected chi connectivity index (χ0v) is 13.8. The summed E-state index contributed by atoms with van der Waals surface area (Å²) >= 11 is 0. The molecule has 0 aliphatic heterocycles. The van der Waals surface area contributed by atoms with Gasteiger partial charge in [-0.15, -0.1) is 0 Å². The van der Waals surface area contributed by atoms with Crippen LogP contribution in [0.5, 0.6) is 0 Å². The lowest BCUT2D eigenvalue weighted by molar-refractivity contribution is -0.122. The average Bonchev–Trinajstić information content (AvgIpc) is 2.94. The predicted molar refractivity (Wildman–Crippen MR) is 94.9 cm³/mol. The van der Waals surface area contributed by atoms with Gasteiger partial charge >= 0.3 is 0 Å². The number of benzene rings is 2. The third kappa shape index (κ3) is 3.23. The van der Waals surface area contributed by atoms with E-state index in [1.807, 2.05) is 66.1 Å². The zero-order valence-electron chi connectivity index (χ0n) is 13.8. The van der Waals surface area contributed by atoms with Gasteiger partial charge in [0.1, 0.15) is 6.54 Å². The van der Waals surface area contributed by atoms with Crippen molar-refractivity contribution in [3.8, 4) is 0 Å². The summed E-state index contributed by atoms with van der Waals surface area (Å²) in [5.41, 5.74) is 2.60. The van der Waals surface area contributed by atoms with Crippen molar-refractivity contribution in [1.29, 1.82) is 0 Å². The first-order valence-electron chi connectivity index (χ1n) is 7.99. The van der Waals surface area contributed by atoms with E-state index in [2.05, 4.69) is 5.32 Å². The highest BCUT2D eigenvalue weighted by Gasteiger charge is 2.15. The van der Waals surface area contributed by atoms with Gasteiger partial charge in [0.15, 0.2) is 5.78 Å². The molecule has 4 heteroatoms. The van der Waals surface area contributed by atoms with Gasteiger partial charge in [-0.05, 0) is 25.5 Å². The summed E-state index contributed by atoms with van der Waals surface area (Å²) < 4.78 is 1.83. The van der Waals surface area contributed by atoms with Crippen LogP contribution in [0.4, 0.5) is 0 Å². The van der Waals surface area contributed by atoms with Crippen LogP contribution in [-0.2, 0) is 11.3 Å². The van der Waals surface area contributed by atoms with Crippen LogP contribution in [0.3, 0.4) is 0 Å². The van der Waals surface area contributed by atoms with E-state index in [1.54, 1.807) is 13.1 Å². The minimum Gasteiger partial charge on any atom is -0.348 e. The number of rotatable bonds is 5. The topological polar surface area (TPSA) is 51.1 Å². The third-order valence-electron chi connectivity index (χ3n) is 4.16. The lowest BCUT2D eigenvalue weighted by atomic mass is 10.1. The summed E-state index contributed by atoms with van der Waals surface area (Å²) in [5, 5.41) is 3.89. The fourth-order valence-corrected chi connectivity index (χ4v) is 2.93. The SMILES string of the molecule is CC(=O)c1cn(CC(=O)N[C@H](C)c2ccccc2)c2ccccc12. The number of carbonyl (C=O) groups excluding carboxylic acids is 2. The number of Topliss-reactive ketones (excluding diaryl/α,β-unsaturated/α-hetero) is 1. The molecule has 0 fully saturated rings. The van der Waals surface area contributed by atoms with Crippen molar-refractivity contribution in [3.05, 3.63) is 71.9 Å². The Morgan fingerprint density at radius 1 is 1.04 bits per heavy atom. The highest BCUT2D eigenvalue weighted by molar-refractivity contribution is 6.07. The summed E-state index contributed by atoms with van der Waals surface area (Å²) in [7, 11) is 0. The Kier molecular flexibility index (Phi) is 4.47. The Morgan fingerprint density at radius 2 is 1.71 bits per heavy atom. The van der Waals surface area contributed by atoms with Gasteiger partial charge in [-0.3, -0.25) is 9.59 Å². The van der Waals surface area contributed by atoms with Crippen LogP contribution in [0.2, 0.25) is 0 Å². The molecule has 3 rings (SSSR count). The number of ketones is 1. The molecule has 1 heterocycles. The average molecular weight is 320 g/mol. The Hall–Kier alpha value is -2.88. The van der Waals surface area contributed by atoms with Gasteiger partial charge in [0, 0.05) is 22.7 Å². The molecule has 0 aliphatic rings. The van der Waals surface area contributed by atoms with E-state index in [0.29, 0.717) is 5.56 Å². The first-order valence-corrected chi connectivity index (χ1v) is 7.99. The zero-order chi connectivity index (χ0) is 17.1. The van der Waals surface area contributed by atoms with Crippen LogP contribution in [0.15, 0.2) is 60.8 Å². The second kappa shape index (κ2) is 6.71. The van der Waals surface area contributed by atoms with E-state index in [0.717, 1.165) is 16.5 Å². The van der Waals surface area contributed by atoms with Gasteiger partial charge in [0.05, 0.1) is 6.04 Å². The monoisotopic (exact) mass is 320 g/mol. The van der Waals surface area contributed by atoms with Gasteiger partial charge < -0.3 is 9.88 Å². The van der Waals surface area contributed by atoms with Crippen molar-refractivity contribution < 1.29 is 9.59 Å². The van der Waals surface area contributed by atoms with Gasteiger partial charge in [-0.2, -0.15) is 0 Å². The maximum Gasteiger partial charge on any atom is 0.240 e. The lowest BCUT2D eigenvalue weighted by Crippen LogP contribution is -2.29. The summed E-state index contributed by atoms with van der Waals surface area (Å²) in [5.74, 6) is -0.0785. The molecule has 0 saturated carbocycles. The highest BCUT2D eigenvalue weighted by atomic mass is 16.2.